The Kier molecular flexibility index (Phi) is 4.54. The molecule has 1 unspecified atom stereocenters. The van der Waals surface area contributed by atoms with Gasteiger partial charge in [-0.15, -0.1) is 0 Å². The predicted octanol–water partition coefficient (Wildman–Crippen LogP) is 3.58. The highest BCUT2D eigenvalue weighted by Crippen LogP contribution is 2.40. The number of methoxy groups -OCH3 is 1. The Balaban J connectivity index is 2.45. The van der Waals surface area contributed by atoms with Gasteiger partial charge in [-0.3, -0.25) is 9.59 Å². The lowest BCUT2D eigenvalue weighted by atomic mass is 10.0. The Hall–Kier alpha value is -2.30. The number of allylic oxidation sites excluding steroid dienone is 2. The molecule has 1 aliphatic heterocycles. The van der Waals surface area contributed by atoms with Gasteiger partial charge in [0.05, 0.1) is 12.7 Å². The summed E-state index contributed by atoms with van der Waals surface area (Å²) in [5.41, 5.74) is 1.92. The summed E-state index contributed by atoms with van der Waals surface area (Å²) in [6.07, 6.45) is -0.210. The van der Waals surface area contributed by atoms with Crippen LogP contribution in [0.4, 0.5) is 0 Å². The second-order valence-corrected chi connectivity index (χ2v) is 5.34. The highest BCUT2D eigenvalue weighted by molar-refractivity contribution is 6.12. The molecule has 5 heteroatoms. The third-order valence-electron chi connectivity index (χ3n) is 3.48. The second kappa shape index (κ2) is 6.22. The molecule has 1 aromatic rings. The fourth-order valence-electron chi connectivity index (χ4n) is 2.29. The summed E-state index contributed by atoms with van der Waals surface area (Å²) in [5.74, 6) is 0.872. The van der Waals surface area contributed by atoms with E-state index in [1.165, 1.54) is 7.11 Å². The number of hydrogen-bond acceptors (Lipinski definition) is 5. The van der Waals surface area contributed by atoms with Gasteiger partial charge in [0, 0.05) is 18.1 Å². The van der Waals surface area contributed by atoms with Gasteiger partial charge in [-0.1, -0.05) is 6.92 Å². The number of ketones is 1. The van der Waals surface area contributed by atoms with Crippen LogP contribution in [0.15, 0.2) is 23.5 Å². The zero-order valence-electron chi connectivity index (χ0n) is 13.5. The molecule has 0 spiro atoms. The average Bonchev–Trinajstić information content (AvgIpc) is 2.82. The van der Waals surface area contributed by atoms with Crippen molar-refractivity contribution in [2.24, 2.45) is 0 Å². The summed E-state index contributed by atoms with van der Waals surface area (Å²) in [7, 11) is 1.53. The smallest absolute Gasteiger partial charge is 0.306 e. The first-order valence-electron chi connectivity index (χ1n) is 7.20. The van der Waals surface area contributed by atoms with Crippen LogP contribution in [0, 0.1) is 0 Å². The number of benzene rings is 1. The van der Waals surface area contributed by atoms with E-state index in [1.807, 2.05) is 13.8 Å². The van der Waals surface area contributed by atoms with E-state index in [-0.39, 0.29) is 11.8 Å². The molecule has 0 saturated heterocycles. The van der Waals surface area contributed by atoms with E-state index < -0.39 is 6.10 Å². The monoisotopic (exact) mass is 304 g/mol. The molecule has 0 fully saturated rings. The van der Waals surface area contributed by atoms with Gasteiger partial charge in [0.2, 0.25) is 5.78 Å². The number of fused-ring (bicyclic) bond motifs is 1. The molecule has 1 aliphatic rings. The maximum absolute atomic E-state index is 12.4. The minimum Gasteiger partial charge on any atom is -0.496 e. The fourth-order valence-corrected chi connectivity index (χ4v) is 2.29. The molecule has 22 heavy (non-hydrogen) atoms. The molecule has 0 saturated carbocycles. The van der Waals surface area contributed by atoms with E-state index >= 15 is 0 Å². The number of ether oxygens (including phenoxy) is 3. The summed E-state index contributed by atoms with van der Waals surface area (Å²) < 4.78 is 16.3. The Morgan fingerprint density at radius 3 is 2.55 bits per heavy atom. The molecule has 0 aliphatic carbocycles. The van der Waals surface area contributed by atoms with Gasteiger partial charge < -0.3 is 14.2 Å². The second-order valence-electron chi connectivity index (χ2n) is 5.34. The van der Waals surface area contributed by atoms with Crippen molar-refractivity contribution in [2.75, 3.05) is 7.11 Å². The number of esters is 1. The van der Waals surface area contributed by atoms with Gasteiger partial charge in [0.25, 0.3) is 0 Å². The number of Topliss-reactive ketones (excluding diaryl/α,β-unsaturated/α-hetero) is 1. The van der Waals surface area contributed by atoms with Crippen LogP contribution in [0.1, 0.15) is 56.1 Å². The summed E-state index contributed by atoms with van der Waals surface area (Å²) >= 11 is 0. The van der Waals surface area contributed by atoms with Crippen LogP contribution in [0.2, 0.25) is 0 Å². The van der Waals surface area contributed by atoms with Crippen LogP contribution < -0.4 is 9.47 Å². The highest BCUT2D eigenvalue weighted by atomic mass is 16.5. The average molecular weight is 304 g/mol. The van der Waals surface area contributed by atoms with Crippen LogP contribution in [0.25, 0.3) is 0 Å². The third-order valence-corrected chi connectivity index (χ3v) is 3.48. The molecule has 0 bridgehead atoms. The highest BCUT2D eigenvalue weighted by Gasteiger charge is 2.31. The quantitative estimate of drug-likeness (QED) is 0.628. The molecule has 1 heterocycles. The Bertz CT molecular complexity index is 653. The molecule has 0 amide bonds. The van der Waals surface area contributed by atoms with E-state index in [4.69, 9.17) is 14.2 Å². The zero-order valence-corrected chi connectivity index (χ0v) is 13.5. The van der Waals surface area contributed by atoms with E-state index in [0.717, 1.165) is 5.57 Å². The lowest BCUT2D eigenvalue weighted by Crippen LogP contribution is -2.09. The SMILES string of the molecule is CCC(=O)OC(C)c1cc2c(cc1OC)OC(=C(C)C)C2=O. The van der Waals surface area contributed by atoms with Gasteiger partial charge in [0.1, 0.15) is 17.6 Å². The first-order valence-corrected chi connectivity index (χ1v) is 7.20. The largest absolute Gasteiger partial charge is 0.496 e. The summed E-state index contributed by atoms with van der Waals surface area (Å²) in [6.45, 7) is 7.12. The maximum Gasteiger partial charge on any atom is 0.306 e. The van der Waals surface area contributed by atoms with E-state index in [0.29, 0.717) is 34.8 Å². The lowest BCUT2D eigenvalue weighted by molar-refractivity contribution is -0.148. The third kappa shape index (κ3) is 2.84. The summed E-state index contributed by atoms with van der Waals surface area (Å²) in [6, 6.07) is 3.34. The van der Waals surface area contributed by atoms with Gasteiger partial charge in [-0.25, -0.2) is 0 Å². The van der Waals surface area contributed by atoms with Crippen LogP contribution in [0.5, 0.6) is 11.5 Å². The maximum atomic E-state index is 12.4. The predicted molar refractivity (Wildman–Crippen MR) is 81.1 cm³/mol. The van der Waals surface area contributed by atoms with E-state index in [2.05, 4.69) is 0 Å². The van der Waals surface area contributed by atoms with E-state index in [1.54, 1.807) is 26.0 Å². The van der Waals surface area contributed by atoms with Crippen molar-refractivity contribution in [3.63, 3.8) is 0 Å². The number of hydrogen-bond donors (Lipinski definition) is 0. The molecular formula is C17H20O5. The van der Waals surface area contributed by atoms with Crippen LogP contribution in [0.3, 0.4) is 0 Å². The molecule has 0 radical (unpaired) electrons. The van der Waals surface area contributed by atoms with Gasteiger partial charge >= 0.3 is 5.97 Å². The number of carbonyl (C=O) groups excluding carboxylic acids is 2. The van der Waals surface area contributed by atoms with Gasteiger partial charge in [-0.2, -0.15) is 0 Å². The normalized spacial score (nSPS) is 14.2. The molecule has 2 rings (SSSR count). The standard InChI is InChI=1S/C17H20O5/c1-6-15(18)21-10(4)11-7-12-14(8-13(11)20-5)22-17(9(2)3)16(12)19/h7-8,10H,6H2,1-5H3. The van der Waals surface area contributed by atoms with Crippen LogP contribution >= 0.6 is 0 Å². The molecule has 5 nitrogen and oxygen atoms in total. The Morgan fingerprint density at radius 1 is 1.32 bits per heavy atom. The van der Waals surface area contributed by atoms with E-state index in [9.17, 15) is 9.59 Å². The van der Waals surface area contributed by atoms with Gasteiger partial charge in [0.15, 0.2) is 5.76 Å². The Morgan fingerprint density at radius 2 is 2.00 bits per heavy atom. The van der Waals surface area contributed by atoms with Crippen LogP contribution in [-0.2, 0) is 9.53 Å². The summed E-state index contributed by atoms with van der Waals surface area (Å²) in [5, 5.41) is 0. The van der Waals surface area contributed by atoms with Crippen molar-refractivity contribution in [3.8, 4) is 11.5 Å². The van der Waals surface area contributed by atoms with Crippen molar-refractivity contribution in [1.29, 1.82) is 0 Å². The first-order chi connectivity index (χ1) is 10.4. The van der Waals surface area contributed by atoms with Gasteiger partial charge in [-0.05, 0) is 32.4 Å². The zero-order chi connectivity index (χ0) is 16.4. The van der Waals surface area contributed by atoms with Crippen molar-refractivity contribution in [2.45, 2.75) is 40.2 Å². The molecular weight excluding hydrogens is 284 g/mol. The first kappa shape index (κ1) is 16.1. The fraction of sp³-hybridized carbons (Fsp3) is 0.412. The molecule has 0 N–H and O–H groups in total. The molecule has 118 valence electrons. The van der Waals surface area contributed by atoms with Crippen molar-refractivity contribution in [3.05, 3.63) is 34.6 Å². The number of rotatable bonds is 4. The van der Waals surface area contributed by atoms with Crippen molar-refractivity contribution >= 4 is 11.8 Å². The Labute approximate surface area is 129 Å². The molecule has 1 aromatic carbocycles. The minimum atomic E-state index is -0.503. The topological polar surface area (TPSA) is 61.8 Å². The van der Waals surface area contributed by atoms with Crippen molar-refractivity contribution in [1.82, 2.24) is 0 Å². The summed E-state index contributed by atoms with van der Waals surface area (Å²) in [4.78, 5) is 23.8. The van der Waals surface area contributed by atoms with Crippen molar-refractivity contribution < 1.29 is 23.8 Å². The number of carbonyl (C=O) groups is 2. The van der Waals surface area contributed by atoms with Crippen LogP contribution in [-0.4, -0.2) is 18.9 Å². The minimum absolute atomic E-state index is 0.159. The lowest BCUT2D eigenvalue weighted by Gasteiger charge is -2.17. The molecule has 1 atom stereocenters. The molecule has 0 aromatic heterocycles.